The van der Waals surface area contributed by atoms with Gasteiger partial charge in [-0.15, -0.1) is 0 Å². The number of nitrogens with zero attached hydrogens (tertiary/aromatic N) is 2. The highest BCUT2D eigenvalue weighted by molar-refractivity contribution is 6.20. The van der Waals surface area contributed by atoms with E-state index in [9.17, 15) is 14.0 Å². The summed E-state index contributed by atoms with van der Waals surface area (Å²) in [4.78, 5) is 24.5. The fourth-order valence-corrected chi connectivity index (χ4v) is 3.68. The summed E-state index contributed by atoms with van der Waals surface area (Å²) in [6.07, 6.45) is 7.20. The summed E-state index contributed by atoms with van der Waals surface area (Å²) in [5.74, 6) is -0.492. The molecule has 4 rings (SSSR count). The van der Waals surface area contributed by atoms with Gasteiger partial charge in [-0.1, -0.05) is 42.8 Å². The van der Waals surface area contributed by atoms with Crippen LogP contribution in [0.2, 0.25) is 0 Å². The van der Waals surface area contributed by atoms with Gasteiger partial charge in [-0.25, -0.2) is 9.07 Å². The summed E-state index contributed by atoms with van der Waals surface area (Å²) in [6.45, 7) is 3.95. The third-order valence-electron chi connectivity index (χ3n) is 5.59. The van der Waals surface area contributed by atoms with E-state index in [0.717, 1.165) is 28.9 Å². The van der Waals surface area contributed by atoms with E-state index in [2.05, 4.69) is 23.4 Å². The van der Waals surface area contributed by atoms with Crippen molar-refractivity contribution in [1.29, 1.82) is 0 Å². The van der Waals surface area contributed by atoms with Crippen LogP contribution >= 0.6 is 0 Å². The Morgan fingerprint density at radius 3 is 2.47 bits per heavy atom. The summed E-state index contributed by atoms with van der Waals surface area (Å²) in [6, 6.07) is 13.3. The highest BCUT2D eigenvalue weighted by Gasteiger charge is 2.22. The van der Waals surface area contributed by atoms with Gasteiger partial charge in [0.25, 0.3) is 5.91 Å². The van der Waals surface area contributed by atoms with Crippen molar-refractivity contribution in [2.45, 2.75) is 33.2 Å². The molecule has 0 aliphatic heterocycles. The molecule has 1 heterocycles. The molecule has 0 saturated heterocycles. The molecule has 1 aliphatic rings. The molecule has 1 N–H and O–H groups in total. The molecule has 0 spiro atoms. The van der Waals surface area contributed by atoms with E-state index >= 15 is 0 Å². The number of hydrogen-bond donors (Lipinski definition) is 1. The SMILES string of the molecule is CCC1=Cc2c(cnn2-c2ccc(F)cc2)C(C(=O)NCc2ccc(C(C)=O)cc2)=CC1. The minimum Gasteiger partial charge on any atom is -0.348 e. The predicted octanol–water partition coefficient (Wildman–Crippen LogP) is 5.11. The molecule has 0 fully saturated rings. The lowest BCUT2D eigenvalue weighted by Crippen LogP contribution is -2.24. The van der Waals surface area contributed by atoms with Crippen LogP contribution in [0.15, 0.2) is 66.4 Å². The fourth-order valence-electron chi connectivity index (χ4n) is 3.68. The number of ketones is 1. The fraction of sp³-hybridized carbons (Fsp3) is 0.192. The third-order valence-corrected chi connectivity index (χ3v) is 5.59. The Hall–Kier alpha value is -3.80. The maximum absolute atomic E-state index is 13.4. The Labute approximate surface area is 186 Å². The second-order valence-electron chi connectivity index (χ2n) is 7.75. The van der Waals surface area contributed by atoms with Gasteiger partial charge >= 0.3 is 0 Å². The Kier molecular flexibility index (Phi) is 6.12. The van der Waals surface area contributed by atoms with Gasteiger partial charge in [0, 0.05) is 23.2 Å². The lowest BCUT2D eigenvalue weighted by Gasteiger charge is -2.10. The van der Waals surface area contributed by atoms with Crippen LogP contribution in [0.4, 0.5) is 4.39 Å². The zero-order valence-electron chi connectivity index (χ0n) is 18.1. The van der Waals surface area contributed by atoms with Crippen LogP contribution in [-0.2, 0) is 11.3 Å². The van der Waals surface area contributed by atoms with Crippen molar-refractivity contribution in [2.75, 3.05) is 0 Å². The van der Waals surface area contributed by atoms with Crippen molar-refractivity contribution in [3.8, 4) is 5.69 Å². The first-order valence-electron chi connectivity index (χ1n) is 10.6. The smallest absolute Gasteiger partial charge is 0.251 e. The number of fused-ring (bicyclic) bond motifs is 1. The van der Waals surface area contributed by atoms with E-state index in [4.69, 9.17) is 0 Å². The van der Waals surface area contributed by atoms with Crippen LogP contribution < -0.4 is 5.32 Å². The number of rotatable bonds is 6. The Bertz CT molecular complexity index is 1220. The van der Waals surface area contributed by atoms with E-state index in [1.54, 1.807) is 35.1 Å². The quantitative estimate of drug-likeness (QED) is 0.554. The minimum absolute atomic E-state index is 0.00845. The van der Waals surface area contributed by atoms with E-state index in [1.165, 1.54) is 24.6 Å². The molecule has 0 unspecified atom stereocenters. The number of benzene rings is 2. The van der Waals surface area contributed by atoms with Crippen molar-refractivity contribution in [3.63, 3.8) is 0 Å². The lowest BCUT2D eigenvalue weighted by molar-refractivity contribution is -0.115. The van der Waals surface area contributed by atoms with Crippen molar-refractivity contribution < 1.29 is 14.0 Å². The molecule has 0 atom stereocenters. The summed E-state index contributed by atoms with van der Waals surface area (Å²) >= 11 is 0. The van der Waals surface area contributed by atoms with E-state index < -0.39 is 0 Å². The number of aromatic nitrogens is 2. The molecule has 1 aliphatic carbocycles. The average Bonchev–Trinajstić information content (AvgIpc) is 3.11. The van der Waals surface area contributed by atoms with E-state index in [-0.39, 0.29) is 17.5 Å². The summed E-state index contributed by atoms with van der Waals surface area (Å²) in [5.41, 5.74) is 5.56. The van der Waals surface area contributed by atoms with E-state index in [0.29, 0.717) is 24.1 Å². The lowest BCUT2D eigenvalue weighted by atomic mass is 10.1. The van der Waals surface area contributed by atoms with Crippen molar-refractivity contribution in [3.05, 3.63) is 94.6 Å². The van der Waals surface area contributed by atoms with Gasteiger partial charge in [0.2, 0.25) is 0 Å². The second kappa shape index (κ2) is 9.14. The topological polar surface area (TPSA) is 64.0 Å². The maximum Gasteiger partial charge on any atom is 0.251 e. The molecule has 32 heavy (non-hydrogen) atoms. The maximum atomic E-state index is 13.4. The molecule has 0 bridgehead atoms. The molecule has 0 radical (unpaired) electrons. The van der Waals surface area contributed by atoms with E-state index in [1.807, 2.05) is 18.2 Å². The summed E-state index contributed by atoms with van der Waals surface area (Å²) in [7, 11) is 0. The largest absolute Gasteiger partial charge is 0.348 e. The molecular formula is C26H24FN3O2. The van der Waals surface area contributed by atoms with Crippen molar-refractivity contribution in [2.24, 2.45) is 0 Å². The number of nitrogens with one attached hydrogen (secondary N) is 1. The van der Waals surface area contributed by atoms with Crippen LogP contribution in [0.3, 0.4) is 0 Å². The second-order valence-corrected chi connectivity index (χ2v) is 7.75. The standard InChI is InChI=1S/C26H24FN3O2/c1-3-18-6-13-23(26(32)28-15-19-4-7-20(8-5-19)17(2)31)24-16-29-30(25(24)14-18)22-11-9-21(27)10-12-22/h4-5,7-14,16H,3,6,15H2,1-2H3,(H,28,32). The Balaban J connectivity index is 1.60. The number of amides is 1. The normalized spacial score (nSPS) is 13.0. The Morgan fingerprint density at radius 1 is 1.09 bits per heavy atom. The molecule has 0 saturated carbocycles. The number of carbonyl (C=O) groups excluding carboxylic acids is 2. The highest BCUT2D eigenvalue weighted by Crippen LogP contribution is 2.30. The van der Waals surface area contributed by atoms with Crippen LogP contribution in [0, 0.1) is 5.82 Å². The van der Waals surface area contributed by atoms with Gasteiger partial charge in [-0.2, -0.15) is 5.10 Å². The molecule has 6 heteroatoms. The van der Waals surface area contributed by atoms with Gasteiger partial charge in [-0.3, -0.25) is 9.59 Å². The van der Waals surface area contributed by atoms with Crippen LogP contribution in [0.1, 0.15) is 53.9 Å². The molecule has 1 aromatic heterocycles. The first kappa shape index (κ1) is 21.4. The zero-order valence-corrected chi connectivity index (χ0v) is 18.1. The average molecular weight is 429 g/mol. The monoisotopic (exact) mass is 429 g/mol. The van der Waals surface area contributed by atoms with Gasteiger partial charge in [0.1, 0.15) is 5.82 Å². The first-order valence-corrected chi connectivity index (χ1v) is 10.6. The third kappa shape index (κ3) is 4.44. The van der Waals surface area contributed by atoms with Gasteiger partial charge in [0.15, 0.2) is 5.78 Å². The molecule has 162 valence electrons. The van der Waals surface area contributed by atoms with Crippen LogP contribution in [-0.4, -0.2) is 21.5 Å². The number of allylic oxidation sites excluding steroid dienone is 2. The number of hydrogen-bond acceptors (Lipinski definition) is 3. The van der Waals surface area contributed by atoms with Crippen molar-refractivity contribution in [1.82, 2.24) is 15.1 Å². The van der Waals surface area contributed by atoms with Gasteiger partial charge in [-0.05, 0) is 55.7 Å². The number of carbonyl (C=O) groups is 2. The molecule has 2 aromatic carbocycles. The van der Waals surface area contributed by atoms with Crippen LogP contribution in [0.5, 0.6) is 0 Å². The van der Waals surface area contributed by atoms with Crippen LogP contribution in [0.25, 0.3) is 17.3 Å². The molecule has 5 nitrogen and oxygen atoms in total. The highest BCUT2D eigenvalue weighted by atomic mass is 19.1. The number of halogens is 1. The molecular weight excluding hydrogens is 405 g/mol. The van der Waals surface area contributed by atoms with Gasteiger partial charge < -0.3 is 5.32 Å². The summed E-state index contributed by atoms with van der Waals surface area (Å²) < 4.78 is 15.1. The zero-order chi connectivity index (χ0) is 22.7. The molecule has 1 amide bonds. The van der Waals surface area contributed by atoms with Crippen molar-refractivity contribution >= 4 is 23.3 Å². The molecule has 3 aromatic rings. The Morgan fingerprint density at radius 2 is 1.81 bits per heavy atom. The predicted molar refractivity (Wildman–Crippen MR) is 123 cm³/mol. The number of Topliss-reactive ketones (excluding diaryl/α,β-unsaturated/α-hetero) is 1. The van der Waals surface area contributed by atoms with Gasteiger partial charge in [0.05, 0.1) is 17.6 Å². The summed E-state index contributed by atoms with van der Waals surface area (Å²) in [5, 5.41) is 7.46. The minimum atomic E-state index is -0.312. The first-order chi connectivity index (χ1) is 15.5.